The number of nitrogens with one attached hydrogen (secondary N) is 1. The maximum absolute atomic E-state index is 5.24. The highest BCUT2D eigenvalue weighted by molar-refractivity contribution is 4.74. The maximum atomic E-state index is 5.24. The molecular weight excluding hydrogens is 202 g/mol. The van der Waals surface area contributed by atoms with Gasteiger partial charge in [-0.15, -0.1) is 0 Å². The molecule has 0 bridgehead atoms. The monoisotopic (exact) mass is 229 g/mol. The number of hydrogen-bond donors (Lipinski definition) is 1. The molecule has 0 aromatic heterocycles. The topological polar surface area (TPSA) is 30.5 Å². The van der Waals surface area contributed by atoms with E-state index in [1.54, 1.807) is 14.2 Å². The third kappa shape index (κ3) is 4.40. The van der Waals surface area contributed by atoms with Crippen LogP contribution in [0, 0.1) is 11.8 Å². The Balaban J connectivity index is 2.22. The number of rotatable bonds is 6. The highest BCUT2D eigenvalue weighted by Gasteiger charge is 2.21. The Kier molecular flexibility index (Phi) is 6.32. The lowest BCUT2D eigenvalue weighted by atomic mass is 9.82. The van der Waals surface area contributed by atoms with E-state index in [2.05, 4.69) is 19.2 Å². The van der Waals surface area contributed by atoms with Crippen molar-refractivity contribution in [1.82, 2.24) is 5.32 Å². The molecule has 0 radical (unpaired) electrons. The van der Waals surface area contributed by atoms with Crippen LogP contribution in [0.2, 0.25) is 0 Å². The molecule has 1 aliphatic carbocycles. The molecule has 16 heavy (non-hydrogen) atoms. The van der Waals surface area contributed by atoms with E-state index in [9.17, 15) is 0 Å². The fraction of sp³-hybridized carbons (Fsp3) is 1.00. The summed E-state index contributed by atoms with van der Waals surface area (Å²) in [5, 5.41) is 3.52. The van der Waals surface area contributed by atoms with E-state index >= 15 is 0 Å². The molecule has 0 aliphatic heterocycles. The summed E-state index contributed by atoms with van der Waals surface area (Å²) < 4.78 is 10.5. The summed E-state index contributed by atoms with van der Waals surface area (Å²) in [5.41, 5.74) is 0. The third-order valence-corrected chi connectivity index (χ3v) is 3.65. The lowest BCUT2D eigenvalue weighted by molar-refractivity contribution is -0.119. The Morgan fingerprint density at radius 1 is 1.25 bits per heavy atom. The third-order valence-electron chi connectivity index (χ3n) is 3.65. The van der Waals surface area contributed by atoms with Gasteiger partial charge in [-0.05, 0) is 38.1 Å². The van der Waals surface area contributed by atoms with Crippen LogP contribution in [-0.2, 0) is 9.47 Å². The second-order valence-electron chi connectivity index (χ2n) is 5.17. The zero-order chi connectivity index (χ0) is 12.0. The van der Waals surface area contributed by atoms with E-state index < -0.39 is 0 Å². The van der Waals surface area contributed by atoms with Gasteiger partial charge in [0.05, 0.1) is 6.04 Å². The molecule has 3 unspecified atom stereocenters. The first-order chi connectivity index (χ1) is 7.67. The van der Waals surface area contributed by atoms with Gasteiger partial charge in [0.25, 0.3) is 0 Å². The summed E-state index contributed by atoms with van der Waals surface area (Å²) in [6.07, 6.45) is 5.39. The zero-order valence-electron chi connectivity index (χ0n) is 11.2. The van der Waals surface area contributed by atoms with Crippen LogP contribution in [0.25, 0.3) is 0 Å². The van der Waals surface area contributed by atoms with Crippen molar-refractivity contribution in [2.45, 2.75) is 51.9 Å². The Hall–Kier alpha value is -0.120. The molecular formula is C13H27NO2. The maximum Gasteiger partial charge on any atom is 0.171 e. The average molecular weight is 229 g/mol. The molecule has 1 rings (SSSR count). The first-order valence-electron chi connectivity index (χ1n) is 6.46. The summed E-state index contributed by atoms with van der Waals surface area (Å²) >= 11 is 0. The van der Waals surface area contributed by atoms with Crippen molar-refractivity contribution in [1.29, 1.82) is 0 Å². The van der Waals surface area contributed by atoms with E-state index in [1.165, 1.54) is 25.7 Å². The summed E-state index contributed by atoms with van der Waals surface area (Å²) in [6.45, 7) is 5.57. The molecule has 3 heteroatoms. The summed E-state index contributed by atoms with van der Waals surface area (Å²) in [4.78, 5) is 0. The predicted molar refractivity (Wildman–Crippen MR) is 66.4 cm³/mol. The van der Waals surface area contributed by atoms with E-state index in [-0.39, 0.29) is 12.3 Å². The van der Waals surface area contributed by atoms with E-state index in [0.29, 0.717) is 0 Å². The van der Waals surface area contributed by atoms with E-state index in [1.807, 2.05) is 0 Å². The molecule has 0 amide bonds. The Morgan fingerprint density at radius 3 is 2.50 bits per heavy atom. The summed E-state index contributed by atoms with van der Waals surface area (Å²) in [6, 6.07) is 0.257. The Morgan fingerprint density at radius 2 is 1.94 bits per heavy atom. The quantitative estimate of drug-likeness (QED) is 0.710. The van der Waals surface area contributed by atoms with Crippen molar-refractivity contribution >= 4 is 0 Å². The molecule has 3 atom stereocenters. The lowest BCUT2D eigenvalue weighted by Gasteiger charge is -2.29. The van der Waals surface area contributed by atoms with Crippen molar-refractivity contribution in [2.75, 3.05) is 20.8 Å². The molecule has 1 saturated carbocycles. The first-order valence-corrected chi connectivity index (χ1v) is 6.46. The molecule has 0 aromatic carbocycles. The fourth-order valence-corrected chi connectivity index (χ4v) is 2.70. The van der Waals surface area contributed by atoms with Crippen molar-refractivity contribution in [2.24, 2.45) is 11.8 Å². The highest BCUT2D eigenvalue weighted by atomic mass is 16.7. The average Bonchev–Trinajstić information content (AvgIpc) is 2.28. The van der Waals surface area contributed by atoms with E-state index in [0.717, 1.165) is 18.4 Å². The largest absolute Gasteiger partial charge is 0.354 e. The normalized spacial score (nSPS) is 28.3. The first kappa shape index (κ1) is 13.9. The fourth-order valence-electron chi connectivity index (χ4n) is 2.70. The van der Waals surface area contributed by atoms with Crippen LogP contribution < -0.4 is 5.32 Å². The predicted octanol–water partition coefficient (Wildman–Crippen LogP) is 2.41. The molecule has 0 saturated heterocycles. The van der Waals surface area contributed by atoms with Crippen LogP contribution in [0.5, 0.6) is 0 Å². The van der Waals surface area contributed by atoms with Gasteiger partial charge in [-0.3, -0.25) is 0 Å². The van der Waals surface area contributed by atoms with Gasteiger partial charge in [0.1, 0.15) is 0 Å². The number of ether oxygens (including phenoxy) is 2. The standard InChI is InChI=1S/C13H27NO2/c1-10-6-5-7-12(8-10)9-14-11(2)13(15-3)16-4/h10-14H,5-9H2,1-4H3. The van der Waals surface area contributed by atoms with Crippen LogP contribution in [0.3, 0.4) is 0 Å². The van der Waals surface area contributed by atoms with Gasteiger partial charge in [-0.1, -0.05) is 19.8 Å². The highest BCUT2D eigenvalue weighted by Crippen LogP contribution is 2.28. The molecule has 96 valence electrons. The van der Waals surface area contributed by atoms with Crippen LogP contribution >= 0.6 is 0 Å². The van der Waals surface area contributed by atoms with Gasteiger partial charge in [0.15, 0.2) is 6.29 Å². The van der Waals surface area contributed by atoms with Crippen LogP contribution in [-0.4, -0.2) is 33.1 Å². The molecule has 1 N–H and O–H groups in total. The minimum atomic E-state index is -0.138. The second kappa shape index (κ2) is 7.25. The van der Waals surface area contributed by atoms with Gasteiger partial charge in [-0.25, -0.2) is 0 Å². The van der Waals surface area contributed by atoms with Gasteiger partial charge in [0.2, 0.25) is 0 Å². The van der Waals surface area contributed by atoms with Crippen molar-refractivity contribution < 1.29 is 9.47 Å². The molecule has 1 fully saturated rings. The summed E-state index contributed by atoms with van der Waals surface area (Å²) in [7, 11) is 3.38. The van der Waals surface area contributed by atoms with Crippen LogP contribution in [0.15, 0.2) is 0 Å². The number of methoxy groups -OCH3 is 2. The Labute approximate surface area is 99.9 Å². The van der Waals surface area contributed by atoms with Gasteiger partial charge in [-0.2, -0.15) is 0 Å². The van der Waals surface area contributed by atoms with Crippen molar-refractivity contribution in [3.05, 3.63) is 0 Å². The van der Waals surface area contributed by atoms with Gasteiger partial charge >= 0.3 is 0 Å². The number of hydrogen-bond acceptors (Lipinski definition) is 3. The second-order valence-corrected chi connectivity index (χ2v) is 5.17. The minimum absolute atomic E-state index is 0.138. The Bertz CT molecular complexity index is 181. The lowest BCUT2D eigenvalue weighted by Crippen LogP contribution is -2.42. The van der Waals surface area contributed by atoms with Crippen molar-refractivity contribution in [3.8, 4) is 0 Å². The van der Waals surface area contributed by atoms with Crippen molar-refractivity contribution in [3.63, 3.8) is 0 Å². The zero-order valence-corrected chi connectivity index (χ0v) is 11.2. The molecule has 0 spiro atoms. The van der Waals surface area contributed by atoms with Crippen LogP contribution in [0.1, 0.15) is 39.5 Å². The molecule has 1 aliphatic rings. The van der Waals surface area contributed by atoms with E-state index in [4.69, 9.17) is 9.47 Å². The SMILES string of the molecule is COC(OC)C(C)NCC1CCCC(C)C1. The van der Waals surface area contributed by atoms with Gasteiger partial charge < -0.3 is 14.8 Å². The van der Waals surface area contributed by atoms with Gasteiger partial charge in [0, 0.05) is 14.2 Å². The molecule has 0 aromatic rings. The molecule has 3 nitrogen and oxygen atoms in total. The minimum Gasteiger partial charge on any atom is -0.354 e. The van der Waals surface area contributed by atoms with Crippen LogP contribution in [0.4, 0.5) is 0 Å². The smallest absolute Gasteiger partial charge is 0.171 e. The molecule has 0 heterocycles. The summed E-state index contributed by atoms with van der Waals surface area (Å²) in [5.74, 6) is 1.73.